The first-order chi connectivity index (χ1) is 8.91. The van der Waals surface area contributed by atoms with Gasteiger partial charge >= 0.3 is 0 Å². The van der Waals surface area contributed by atoms with Gasteiger partial charge in [-0.25, -0.2) is 0 Å². The van der Waals surface area contributed by atoms with Gasteiger partial charge in [-0.2, -0.15) is 0 Å². The quantitative estimate of drug-likeness (QED) is 0.817. The number of nitrogen functional groups attached to an aromatic ring is 1. The number of carbonyl (C=O) groups is 1. The number of anilines is 2. The van der Waals surface area contributed by atoms with Crippen LogP contribution in [-0.4, -0.2) is 5.91 Å². The van der Waals surface area contributed by atoms with Crippen molar-refractivity contribution in [3.63, 3.8) is 0 Å². The van der Waals surface area contributed by atoms with E-state index in [1.54, 1.807) is 6.07 Å². The van der Waals surface area contributed by atoms with Gasteiger partial charge in [-0.05, 0) is 48.9 Å². The summed E-state index contributed by atoms with van der Waals surface area (Å²) in [5, 5.41) is 5.22. The molecule has 0 saturated carbocycles. The number of amides is 1. The summed E-state index contributed by atoms with van der Waals surface area (Å²) in [6, 6.07) is 3.72. The van der Waals surface area contributed by atoms with Gasteiger partial charge in [0.15, 0.2) is 0 Å². The Morgan fingerprint density at radius 2 is 1.95 bits per heavy atom. The van der Waals surface area contributed by atoms with E-state index in [9.17, 15) is 4.79 Å². The van der Waals surface area contributed by atoms with Gasteiger partial charge < -0.3 is 11.1 Å². The molecule has 0 saturated heterocycles. The highest BCUT2D eigenvalue weighted by Gasteiger charge is 2.17. The van der Waals surface area contributed by atoms with Crippen molar-refractivity contribution in [1.29, 1.82) is 0 Å². The molecule has 100 valence electrons. The maximum Gasteiger partial charge on any atom is 0.267 e. The topological polar surface area (TPSA) is 55.1 Å². The van der Waals surface area contributed by atoms with E-state index >= 15 is 0 Å². The third-order valence-electron chi connectivity index (χ3n) is 3.11. The third kappa shape index (κ3) is 2.60. The first-order valence-electron chi connectivity index (χ1n) is 5.82. The van der Waals surface area contributed by atoms with Crippen LogP contribution in [0.25, 0.3) is 0 Å². The molecular formula is C14H15ClN2OS. The summed E-state index contributed by atoms with van der Waals surface area (Å²) in [7, 11) is 0. The lowest BCUT2D eigenvalue weighted by Crippen LogP contribution is -2.13. The lowest BCUT2D eigenvalue weighted by Gasteiger charge is -2.13. The predicted molar refractivity (Wildman–Crippen MR) is 82.3 cm³/mol. The predicted octanol–water partition coefficient (Wildman–Crippen LogP) is 4.16. The normalized spacial score (nSPS) is 10.5. The smallest absolute Gasteiger partial charge is 0.267 e. The Kier molecular flexibility index (Phi) is 3.83. The summed E-state index contributed by atoms with van der Waals surface area (Å²) in [6.45, 7) is 5.79. The Balaban J connectivity index is 2.35. The molecule has 3 N–H and O–H groups in total. The van der Waals surface area contributed by atoms with Crippen molar-refractivity contribution in [3.8, 4) is 0 Å². The van der Waals surface area contributed by atoms with Crippen LogP contribution in [0.2, 0.25) is 5.02 Å². The standard InChI is InChI=1S/C14H15ClN2OS/c1-7-4-5-10(16)12(9(7)3)17-14(18)13-11(15)8(2)6-19-13/h4-6H,16H2,1-3H3,(H,17,18). The van der Waals surface area contributed by atoms with Crippen molar-refractivity contribution in [1.82, 2.24) is 0 Å². The molecule has 0 fully saturated rings. The number of nitrogens with two attached hydrogens (primary N) is 1. The van der Waals surface area contributed by atoms with Gasteiger partial charge in [0.05, 0.1) is 16.4 Å². The Hall–Kier alpha value is -1.52. The first kappa shape index (κ1) is 13.9. The van der Waals surface area contributed by atoms with Gasteiger partial charge in [0.2, 0.25) is 0 Å². The number of benzene rings is 1. The summed E-state index contributed by atoms with van der Waals surface area (Å²) in [4.78, 5) is 12.7. The highest BCUT2D eigenvalue weighted by molar-refractivity contribution is 7.13. The summed E-state index contributed by atoms with van der Waals surface area (Å²) in [5.74, 6) is -0.219. The average molecular weight is 295 g/mol. The van der Waals surface area contributed by atoms with Crippen LogP contribution in [0.1, 0.15) is 26.4 Å². The lowest BCUT2D eigenvalue weighted by atomic mass is 10.1. The Bertz CT molecular complexity index is 649. The molecule has 19 heavy (non-hydrogen) atoms. The number of carbonyl (C=O) groups excluding carboxylic acids is 1. The van der Waals surface area contributed by atoms with Gasteiger partial charge in [0, 0.05) is 0 Å². The van der Waals surface area contributed by atoms with Crippen LogP contribution in [0, 0.1) is 20.8 Å². The summed E-state index contributed by atoms with van der Waals surface area (Å²) in [5.41, 5.74) is 10.1. The molecule has 1 aromatic heterocycles. The number of hydrogen-bond donors (Lipinski definition) is 2. The highest BCUT2D eigenvalue weighted by Crippen LogP contribution is 2.30. The zero-order valence-electron chi connectivity index (χ0n) is 11.0. The lowest BCUT2D eigenvalue weighted by molar-refractivity contribution is 0.103. The van der Waals surface area contributed by atoms with E-state index in [1.165, 1.54) is 11.3 Å². The average Bonchev–Trinajstić information content (AvgIpc) is 2.70. The monoisotopic (exact) mass is 294 g/mol. The van der Waals surface area contributed by atoms with Crippen LogP contribution in [0.3, 0.4) is 0 Å². The fraction of sp³-hybridized carbons (Fsp3) is 0.214. The van der Waals surface area contributed by atoms with Crippen LogP contribution in [0.5, 0.6) is 0 Å². The molecule has 0 unspecified atom stereocenters. The van der Waals surface area contributed by atoms with Crippen molar-refractivity contribution < 1.29 is 4.79 Å². The van der Waals surface area contributed by atoms with E-state index < -0.39 is 0 Å². The van der Waals surface area contributed by atoms with E-state index in [2.05, 4.69) is 5.32 Å². The van der Waals surface area contributed by atoms with Crippen LogP contribution >= 0.6 is 22.9 Å². The minimum Gasteiger partial charge on any atom is -0.397 e. The summed E-state index contributed by atoms with van der Waals surface area (Å²) >= 11 is 7.43. The SMILES string of the molecule is Cc1ccc(N)c(NC(=O)c2scc(C)c2Cl)c1C. The van der Waals surface area contributed by atoms with Crippen LogP contribution in [-0.2, 0) is 0 Å². The minimum absolute atomic E-state index is 0.219. The number of aryl methyl sites for hydroxylation is 2. The summed E-state index contributed by atoms with van der Waals surface area (Å²) in [6.07, 6.45) is 0. The Morgan fingerprint density at radius 3 is 2.53 bits per heavy atom. The fourth-order valence-corrected chi connectivity index (χ4v) is 2.93. The molecule has 5 heteroatoms. The summed E-state index contributed by atoms with van der Waals surface area (Å²) < 4.78 is 0. The largest absolute Gasteiger partial charge is 0.397 e. The van der Waals surface area contributed by atoms with Crippen molar-refractivity contribution in [3.05, 3.63) is 44.1 Å². The van der Waals surface area contributed by atoms with E-state index in [0.717, 1.165) is 16.7 Å². The van der Waals surface area contributed by atoms with E-state index in [1.807, 2.05) is 32.2 Å². The third-order valence-corrected chi connectivity index (χ3v) is 4.81. The second-order valence-electron chi connectivity index (χ2n) is 4.49. The molecule has 1 aromatic carbocycles. The second kappa shape index (κ2) is 5.23. The van der Waals surface area contributed by atoms with Gasteiger partial charge in [-0.1, -0.05) is 17.7 Å². The number of rotatable bonds is 2. The van der Waals surface area contributed by atoms with Gasteiger partial charge in [-0.3, -0.25) is 4.79 Å². The van der Waals surface area contributed by atoms with E-state index in [4.69, 9.17) is 17.3 Å². The maximum absolute atomic E-state index is 12.2. The molecule has 3 nitrogen and oxygen atoms in total. The molecule has 0 bridgehead atoms. The Morgan fingerprint density at radius 1 is 1.26 bits per heavy atom. The molecule has 0 atom stereocenters. The van der Waals surface area contributed by atoms with Crippen LogP contribution in [0.15, 0.2) is 17.5 Å². The maximum atomic E-state index is 12.2. The zero-order chi connectivity index (χ0) is 14.2. The number of halogens is 1. The Labute approximate surface area is 121 Å². The van der Waals surface area contributed by atoms with Crippen LogP contribution in [0.4, 0.5) is 11.4 Å². The first-order valence-corrected chi connectivity index (χ1v) is 7.08. The minimum atomic E-state index is -0.219. The number of nitrogens with one attached hydrogen (secondary N) is 1. The number of hydrogen-bond acceptors (Lipinski definition) is 3. The van der Waals surface area contributed by atoms with Crippen molar-refractivity contribution in [2.75, 3.05) is 11.1 Å². The van der Waals surface area contributed by atoms with Crippen molar-refractivity contribution in [2.24, 2.45) is 0 Å². The van der Waals surface area contributed by atoms with Gasteiger partial charge in [0.25, 0.3) is 5.91 Å². The molecule has 0 spiro atoms. The van der Waals surface area contributed by atoms with Gasteiger partial charge in [0.1, 0.15) is 4.88 Å². The highest BCUT2D eigenvalue weighted by atomic mass is 35.5. The van der Waals surface area contributed by atoms with Crippen LogP contribution < -0.4 is 11.1 Å². The van der Waals surface area contributed by atoms with Gasteiger partial charge in [-0.15, -0.1) is 11.3 Å². The molecule has 0 aliphatic heterocycles. The van der Waals surface area contributed by atoms with Crippen molar-refractivity contribution >= 4 is 40.2 Å². The molecule has 0 radical (unpaired) electrons. The fourth-order valence-electron chi connectivity index (χ4n) is 1.76. The molecule has 0 aliphatic carbocycles. The zero-order valence-corrected chi connectivity index (χ0v) is 12.6. The molecule has 0 aliphatic rings. The van der Waals surface area contributed by atoms with E-state index in [0.29, 0.717) is 21.3 Å². The number of thiophene rings is 1. The molecule has 1 heterocycles. The molecule has 2 aromatic rings. The molecular weight excluding hydrogens is 280 g/mol. The molecule has 2 rings (SSSR count). The van der Waals surface area contributed by atoms with E-state index in [-0.39, 0.29) is 5.91 Å². The van der Waals surface area contributed by atoms with Crippen molar-refractivity contribution in [2.45, 2.75) is 20.8 Å². The second-order valence-corrected chi connectivity index (χ2v) is 5.75. The molecule has 1 amide bonds.